The number of hydrogen-bond donors (Lipinski definition) is 3. The van der Waals surface area contributed by atoms with E-state index in [9.17, 15) is 9.59 Å². The average molecular weight is 218 g/mol. The summed E-state index contributed by atoms with van der Waals surface area (Å²) in [6, 6.07) is 6.58. The third-order valence-electron chi connectivity index (χ3n) is 2.18. The molecule has 0 unspecified atom stereocenters. The van der Waals surface area contributed by atoms with E-state index >= 15 is 0 Å². The molecule has 0 spiro atoms. The Morgan fingerprint density at radius 3 is 2.62 bits per heavy atom. The summed E-state index contributed by atoms with van der Waals surface area (Å²) in [5.41, 5.74) is 1.38. The molecule has 0 saturated heterocycles. The summed E-state index contributed by atoms with van der Waals surface area (Å²) in [6.45, 7) is 0. The molecular weight excluding hydrogens is 208 g/mol. The third-order valence-corrected chi connectivity index (χ3v) is 2.18. The molecule has 0 amide bonds. The highest BCUT2D eigenvalue weighted by Gasteiger charge is 2.12. The van der Waals surface area contributed by atoms with Gasteiger partial charge in [0, 0.05) is 11.9 Å². The quantitative estimate of drug-likeness (QED) is 0.674. The molecule has 0 bridgehead atoms. The molecule has 5 heteroatoms. The van der Waals surface area contributed by atoms with E-state index in [1.54, 1.807) is 30.5 Å². The number of rotatable bonds is 4. The van der Waals surface area contributed by atoms with Gasteiger partial charge in [0.15, 0.2) is 0 Å². The zero-order chi connectivity index (χ0) is 11.5. The zero-order valence-corrected chi connectivity index (χ0v) is 8.36. The molecule has 0 aromatic carbocycles. The van der Waals surface area contributed by atoms with Gasteiger partial charge < -0.3 is 15.1 Å². The molecule has 16 heavy (non-hydrogen) atoms. The van der Waals surface area contributed by atoms with Crippen LogP contribution in [0.15, 0.2) is 30.5 Å². The van der Waals surface area contributed by atoms with E-state index in [1.165, 1.54) is 0 Å². The summed E-state index contributed by atoms with van der Waals surface area (Å²) in [6.07, 6.45) is 1.55. The number of carbonyl (C=O) groups excluding carboxylic acids is 1. The van der Waals surface area contributed by atoms with Crippen molar-refractivity contribution in [2.24, 2.45) is 0 Å². The minimum absolute atomic E-state index is 0.113. The lowest BCUT2D eigenvalue weighted by atomic mass is 10.2. The van der Waals surface area contributed by atoms with Gasteiger partial charge in [0.1, 0.15) is 0 Å². The molecule has 3 N–H and O–H groups in total. The molecule has 0 saturated carbocycles. The number of aromatic nitrogens is 2. The van der Waals surface area contributed by atoms with Crippen molar-refractivity contribution in [1.29, 1.82) is 0 Å². The van der Waals surface area contributed by atoms with Crippen molar-refractivity contribution < 1.29 is 14.7 Å². The number of ketones is 1. The van der Waals surface area contributed by atoms with Crippen LogP contribution in [0.4, 0.5) is 0 Å². The topological polar surface area (TPSA) is 85.9 Å². The Hall–Kier alpha value is -2.30. The maximum Gasteiger partial charge on any atom is 0.309 e. The van der Waals surface area contributed by atoms with Crippen LogP contribution in [0, 0.1) is 0 Å². The van der Waals surface area contributed by atoms with Crippen LogP contribution in [0.25, 0.3) is 0 Å². The van der Waals surface area contributed by atoms with Gasteiger partial charge in [0.05, 0.1) is 17.8 Å². The van der Waals surface area contributed by atoms with Gasteiger partial charge in [-0.25, -0.2) is 0 Å². The molecule has 2 rings (SSSR count). The van der Waals surface area contributed by atoms with Crippen LogP contribution in [0.5, 0.6) is 0 Å². The summed E-state index contributed by atoms with van der Waals surface area (Å²) < 4.78 is 0. The highest BCUT2D eigenvalue weighted by molar-refractivity contribution is 6.06. The van der Waals surface area contributed by atoms with E-state index in [2.05, 4.69) is 9.97 Å². The number of aromatic amines is 2. The molecule has 2 heterocycles. The first-order valence-corrected chi connectivity index (χ1v) is 4.74. The molecule has 0 aliphatic rings. The SMILES string of the molecule is O=C(O)Cc1ccc(C(=O)c2ccc[nH]2)[nH]1. The van der Waals surface area contributed by atoms with Crippen LogP contribution < -0.4 is 0 Å². The maximum absolute atomic E-state index is 11.8. The number of H-pyrrole nitrogens is 2. The van der Waals surface area contributed by atoms with Crippen molar-refractivity contribution in [3.05, 3.63) is 47.5 Å². The number of aliphatic carboxylic acids is 1. The molecule has 0 radical (unpaired) electrons. The van der Waals surface area contributed by atoms with E-state index in [4.69, 9.17) is 5.11 Å². The Balaban J connectivity index is 2.19. The van der Waals surface area contributed by atoms with Crippen LogP contribution in [0.1, 0.15) is 21.9 Å². The van der Waals surface area contributed by atoms with E-state index < -0.39 is 5.97 Å². The number of carboxylic acids is 1. The second kappa shape index (κ2) is 4.06. The Morgan fingerprint density at radius 2 is 2.00 bits per heavy atom. The zero-order valence-electron chi connectivity index (χ0n) is 8.36. The summed E-state index contributed by atoms with van der Waals surface area (Å²) in [4.78, 5) is 27.8. The van der Waals surface area contributed by atoms with E-state index in [0.29, 0.717) is 17.1 Å². The summed E-state index contributed by atoms with van der Waals surface area (Å²) in [7, 11) is 0. The highest BCUT2D eigenvalue weighted by atomic mass is 16.4. The van der Waals surface area contributed by atoms with Gasteiger partial charge in [-0.2, -0.15) is 0 Å². The van der Waals surface area contributed by atoms with Gasteiger partial charge >= 0.3 is 5.97 Å². The fourth-order valence-electron chi connectivity index (χ4n) is 1.46. The second-order valence-corrected chi connectivity index (χ2v) is 3.38. The van der Waals surface area contributed by atoms with Gasteiger partial charge in [-0.1, -0.05) is 0 Å². The van der Waals surface area contributed by atoms with Crippen molar-refractivity contribution >= 4 is 11.8 Å². The number of carboxylic acid groups (broad SMARTS) is 1. The van der Waals surface area contributed by atoms with Crippen molar-refractivity contribution in [3.63, 3.8) is 0 Å². The Morgan fingerprint density at radius 1 is 1.19 bits per heavy atom. The Kier molecular flexibility index (Phi) is 2.59. The van der Waals surface area contributed by atoms with Gasteiger partial charge in [-0.15, -0.1) is 0 Å². The monoisotopic (exact) mass is 218 g/mol. The van der Waals surface area contributed by atoms with Crippen molar-refractivity contribution in [2.45, 2.75) is 6.42 Å². The number of nitrogens with one attached hydrogen (secondary N) is 2. The third kappa shape index (κ3) is 2.03. The molecular formula is C11H10N2O3. The molecule has 5 nitrogen and oxygen atoms in total. The summed E-state index contributed by atoms with van der Waals surface area (Å²) in [5, 5.41) is 8.59. The minimum Gasteiger partial charge on any atom is -0.481 e. The fraction of sp³-hybridized carbons (Fsp3) is 0.0909. The predicted octanol–water partition coefficient (Wildman–Crippen LogP) is 1.20. The standard InChI is InChI=1S/C11H10N2O3/c14-10(15)6-7-3-4-9(13-7)11(16)8-2-1-5-12-8/h1-5,12-13H,6H2,(H,14,15). The van der Waals surface area contributed by atoms with E-state index in [0.717, 1.165) is 0 Å². The largest absolute Gasteiger partial charge is 0.481 e. The molecule has 2 aromatic rings. The average Bonchev–Trinajstić information content (AvgIpc) is 2.84. The van der Waals surface area contributed by atoms with Crippen LogP contribution in [0.2, 0.25) is 0 Å². The first-order chi connectivity index (χ1) is 7.66. The van der Waals surface area contributed by atoms with Crippen molar-refractivity contribution in [3.8, 4) is 0 Å². The normalized spacial score (nSPS) is 10.2. The molecule has 2 aromatic heterocycles. The van der Waals surface area contributed by atoms with Crippen LogP contribution in [-0.4, -0.2) is 26.8 Å². The fourth-order valence-corrected chi connectivity index (χ4v) is 1.46. The first kappa shape index (κ1) is 10.2. The lowest BCUT2D eigenvalue weighted by Crippen LogP contribution is -2.04. The molecule has 0 fully saturated rings. The lowest BCUT2D eigenvalue weighted by molar-refractivity contribution is -0.136. The van der Waals surface area contributed by atoms with Gasteiger partial charge in [-0.3, -0.25) is 9.59 Å². The molecule has 0 aliphatic carbocycles. The molecule has 0 atom stereocenters. The second-order valence-electron chi connectivity index (χ2n) is 3.38. The smallest absolute Gasteiger partial charge is 0.309 e. The van der Waals surface area contributed by atoms with Crippen LogP contribution in [-0.2, 0) is 11.2 Å². The predicted molar refractivity (Wildman–Crippen MR) is 56.4 cm³/mol. The van der Waals surface area contributed by atoms with Crippen LogP contribution >= 0.6 is 0 Å². The van der Waals surface area contributed by atoms with E-state index in [-0.39, 0.29) is 12.2 Å². The van der Waals surface area contributed by atoms with E-state index in [1.807, 2.05) is 0 Å². The molecule has 82 valence electrons. The lowest BCUT2D eigenvalue weighted by Gasteiger charge is -1.94. The van der Waals surface area contributed by atoms with Gasteiger partial charge in [0.2, 0.25) is 5.78 Å². The van der Waals surface area contributed by atoms with Crippen molar-refractivity contribution in [1.82, 2.24) is 9.97 Å². The number of hydrogen-bond acceptors (Lipinski definition) is 2. The highest BCUT2D eigenvalue weighted by Crippen LogP contribution is 2.08. The minimum atomic E-state index is -0.930. The first-order valence-electron chi connectivity index (χ1n) is 4.74. The Bertz CT molecular complexity index is 511. The number of carbonyl (C=O) groups is 2. The van der Waals surface area contributed by atoms with Crippen LogP contribution in [0.3, 0.4) is 0 Å². The summed E-state index contributed by atoms with van der Waals surface area (Å²) in [5.74, 6) is -1.11. The Labute approximate surface area is 91.1 Å². The van der Waals surface area contributed by atoms with Crippen molar-refractivity contribution in [2.75, 3.05) is 0 Å². The molecule has 0 aliphatic heterocycles. The van der Waals surface area contributed by atoms with Gasteiger partial charge in [-0.05, 0) is 24.3 Å². The summed E-state index contributed by atoms with van der Waals surface area (Å²) >= 11 is 0. The maximum atomic E-state index is 11.8. The van der Waals surface area contributed by atoms with Gasteiger partial charge in [0.25, 0.3) is 0 Å².